The van der Waals surface area contributed by atoms with Crippen LogP contribution in [0.25, 0.3) is 0 Å². The summed E-state index contributed by atoms with van der Waals surface area (Å²) in [7, 11) is 2.30. The molecule has 2 fully saturated rings. The lowest BCUT2D eigenvalue weighted by atomic mass is 10.0. The summed E-state index contributed by atoms with van der Waals surface area (Å²) in [5.41, 5.74) is 2.84. The number of nitrogens with zero attached hydrogens (tertiary/aromatic N) is 3. The Labute approximate surface area is 208 Å². The van der Waals surface area contributed by atoms with Gasteiger partial charge in [-0.2, -0.15) is 0 Å². The van der Waals surface area contributed by atoms with E-state index in [9.17, 15) is 0 Å². The van der Waals surface area contributed by atoms with E-state index in [2.05, 4.69) is 76.3 Å². The first-order chi connectivity index (χ1) is 16.3. The van der Waals surface area contributed by atoms with Gasteiger partial charge < -0.3 is 14.5 Å². The average molecular weight is 466 g/mol. The summed E-state index contributed by atoms with van der Waals surface area (Å²) < 4.78 is 5.99. The van der Waals surface area contributed by atoms with Crippen molar-refractivity contribution in [1.29, 1.82) is 0 Å². The van der Waals surface area contributed by atoms with Crippen LogP contribution >= 0.6 is 0 Å². The van der Waals surface area contributed by atoms with Gasteiger partial charge in [0.15, 0.2) is 0 Å². The summed E-state index contributed by atoms with van der Waals surface area (Å²) >= 11 is 0. The Morgan fingerprint density at radius 2 is 1.53 bits per heavy atom. The lowest BCUT2D eigenvalue weighted by Crippen LogP contribution is -2.43. The van der Waals surface area contributed by atoms with Gasteiger partial charge in [0.05, 0.1) is 6.61 Å². The van der Waals surface area contributed by atoms with E-state index in [1.165, 1.54) is 76.0 Å². The van der Waals surface area contributed by atoms with Crippen LogP contribution in [-0.2, 0) is 13.0 Å². The fraction of sp³-hybridized carbons (Fsp3) is 0.600. The summed E-state index contributed by atoms with van der Waals surface area (Å²) in [5.74, 6) is 1.01. The predicted molar refractivity (Wildman–Crippen MR) is 145 cm³/mol. The molecule has 4 nitrogen and oxygen atoms in total. The van der Waals surface area contributed by atoms with E-state index in [4.69, 9.17) is 4.74 Å². The van der Waals surface area contributed by atoms with Crippen LogP contribution in [0, 0.1) is 0 Å². The van der Waals surface area contributed by atoms with E-state index < -0.39 is 0 Å². The minimum Gasteiger partial charge on any atom is -0.494 e. The molecule has 0 aliphatic carbocycles. The van der Waals surface area contributed by atoms with Crippen LogP contribution in [-0.4, -0.2) is 73.7 Å². The zero-order valence-corrected chi connectivity index (χ0v) is 20.6. The zero-order valence-electron chi connectivity index (χ0n) is 20.6. The minimum atomic E-state index is 0. The van der Waals surface area contributed by atoms with Crippen molar-refractivity contribution in [1.82, 2.24) is 14.7 Å². The molecular weight excluding hydrogens is 418 g/mol. The van der Waals surface area contributed by atoms with Gasteiger partial charge in [-0.25, -0.2) is 0 Å². The topological polar surface area (TPSA) is 19.0 Å². The van der Waals surface area contributed by atoms with Crippen molar-refractivity contribution < 1.29 is 4.74 Å². The van der Waals surface area contributed by atoms with Crippen molar-refractivity contribution >= 4 is 0 Å². The van der Waals surface area contributed by atoms with Crippen LogP contribution in [0.4, 0.5) is 0 Å². The van der Waals surface area contributed by atoms with Gasteiger partial charge in [-0.15, -0.1) is 0 Å². The number of ether oxygens (including phenoxy) is 1. The maximum atomic E-state index is 5.99. The Morgan fingerprint density at radius 3 is 2.24 bits per heavy atom. The van der Waals surface area contributed by atoms with E-state index in [-0.39, 0.29) is 7.43 Å². The molecule has 0 saturated carbocycles. The van der Waals surface area contributed by atoms with Crippen LogP contribution in [0.5, 0.6) is 5.75 Å². The van der Waals surface area contributed by atoms with E-state index in [1.807, 2.05) is 0 Å². The molecule has 4 heteroatoms. The molecule has 2 aliphatic heterocycles. The Kier molecular flexibility index (Phi) is 11.4. The maximum absolute atomic E-state index is 5.99. The molecule has 0 N–H and O–H groups in total. The summed E-state index contributed by atoms with van der Waals surface area (Å²) in [5, 5.41) is 0. The van der Waals surface area contributed by atoms with E-state index >= 15 is 0 Å². The number of hydrogen-bond acceptors (Lipinski definition) is 4. The summed E-state index contributed by atoms with van der Waals surface area (Å²) in [4.78, 5) is 7.76. The first kappa shape index (κ1) is 26.7. The highest BCUT2D eigenvalue weighted by molar-refractivity contribution is 5.27. The maximum Gasteiger partial charge on any atom is 0.119 e. The largest absolute Gasteiger partial charge is 0.494 e. The van der Waals surface area contributed by atoms with Gasteiger partial charge in [0, 0.05) is 25.7 Å². The number of hydrogen-bond donors (Lipinski definition) is 0. The second-order valence-electron chi connectivity index (χ2n) is 9.97. The van der Waals surface area contributed by atoms with Gasteiger partial charge in [-0.3, -0.25) is 4.90 Å². The first-order valence-corrected chi connectivity index (χ1v) is 13.2. The number of benzene rings is 2. The molecule has 2 aliphatic rings. The van der Waals surface area contributed by atoms with Gasteiger partial charge in [0.25, 0.3) is 0 Å². The fourth-order valence-electron chi connectivity index (χ4n) is 5.26. The summed E-state index contributed by atoms with van der Waals surface area (Å²) in [6.07, 6.45) is 8.94. The van der Waals surface area contributed by atoms with Crippen molar-refractivity contribution in [3.05, 3.63) is 65.7 Å². The number of likely N-dealkylation sites (N-methyl/N-ethyl adjacent to an activating group) is 1. The van der Waals surface area contributed by atoms with E-state index in [1.54, 1.807) is 0 Å². The second kappa shape index (κ2) is 14.5. The van der Waals surface area contributed by atoms with Crippen LogP contribution in [0.2, 0.25) is 0 Å². The first-order valence-electron chi connectivity index (χ1n) is 13.2. The molecule has 2 aromatic carbocycles. The third-order valence-electron chi connectivity index (χ3n) is 7.44. The Morgan fingerprint density at radius 1 is 0.824 bits per heavy atom. The molecule has 2 heterocycles. The molecule has 0 radical (unpaired) electrons. The third-order valence-corrected chi connectivity index (χ3v) is 7.44. The lowest BCUT2D eigenvalue weighted by Gasteiger charge is -2.37. The van der Waals surface area contributed by atoms with Crippen LogP contribution in [0.15, 0.2) is 54.6 Å². The number of piperidine rings is 2. The fourth-order valence-corrected chi connectivity index (χ4v) is 5.26. The van der Waals surface area contributed by atoms with Gasteiger partial charge in [-0.1, -0.05) is 56.3 Å². The molecule has 2 aromatic rings. The van der Waals surface area contributed by atoms with Crippen LogP contribution in [0.3, 0.4) is 0 Å². The normalized spacial score (nSPS) is 18.1. The van der Waals surface area contributed by atoms with Crippen LogP contribution in [0.1, 0.15) is 57.1 Å². The van der Waals surface area contributed by atoms with Gasteiger partial charge in [0.2, 0.25) is 0 Å². The molecule has 188 valence electrons. The monoisotopic (exact) mass is 465 g/mol. The predicted octanol–water partition coefficient (Wildman–Crippen LogP) is 5.72. The SMILES string of the molecule is C.CN(CCc1ccccc1)C1CCN(Cc2ccc(OCCCN3CCCCC3)cc2)CC1. The lowest BCUT2D eigenvalue weighted by molar-refractivity contribution is 0.124. The van der Waals surface area contributed by atoms with Crippen LogP contribution < -0.4 is 4.74 Å². The van der Waals surface area contributed by atoms with E-state index in [0.29, 0.717) is 6.04 Å². The molecule has 34 heavy (non-hydrogen) atoms. The average Bonchev–Trinajstić information content (AvgIpc) is 2.88. The quantitative estimate of drug-likeness (QED) is 0.395. The van der Waals surface area contributed by atoms with Crippen molar-refractivity contribution in [2.45, 2.75) is 65.0 Å². The zero-order chi connectivity index (χ0) is 22.7. The third kappa shape index (κ3) is 8.72. The molecule has 4 rings (SSSR count). The van der Waals surface area contributed by atoms with Crippen molar-refractivity contribution in [3.8, 4) is 5.75 Å². The number of rotatable bonds is 11. The molecule has 2 saturated heterocycles. The van der Waals surface area contributed by atoms with Crippen molar-refractivity contribution in [2.24, 2.45) is 0 Å². The minimum absolute atomic E-state index is 0. The molecule has 0 amide bonds. The smallest absolute Gasteiger partial charge is 0.119 e. The molecular formula is C30H47N3O. The standard InChI is InChI=1S/C29H43N3O.CH4/c1-30(21-15-26-9-4-2-5-10-26)28-16-22-32(23-17-28)25-27-11-13-29(14-12-27)33-24-8-20-31-18-6-3-7-19-31;/h2,4-5,9-14,28H,3,6-8,15-25H2,1H3;1H4. The number of likely N-dealkylation sites (tertiary alicyclic amines) is 2. The van der Waals surface area contributed by atoms with Gasteiger partial charge in [-0.05, 0) is 95.0 Å². The Balaban J connectivity index is 0.00000324. The van der Waals surface area contributed by atoms with Crippen molar-refractivity contribution in [2.75, 3.05) is 52.9 Å². The van der Waals surface area contributed by atoms with E-state index in [0.717, 1.165) is 38.3 Å². The van der Waals surface area contributed by atoms with Gasteiger partial charge >= 0.3 is 0 Å². The molecule has 0 spiro atoms. The Bertz CT molecular complexity index is 780. The highest BCUT2D eigenvalue weighted by atomic mass is 16.5. The Hall–Kier alpha value is -1.88. The molecule has 0 bridgehead atoms. The summed E-state index contributed by atoms with van der Waals surface area (Å²) in [6.45, 7) is 9.12. The van der Waals surface area contributed by atoms with Gasteiger partial charge in [0.1, 0.15) is 5.75 Å². The molecule has 0 aromatic heterocycles. The van der Waals surface area contributed by atoms with Crippen molar-refractivity contribution in [3.63, 3.8) is 0 Å². The second-order valence-corrected chi connectivity index (χ2v) is 9.97. The summed E-state index contributed by atoms with van der Waals surface area (Å²) in [6, 6.07) is 20.4. The molecule has 0 unspecified atom stereocenters. The highest BCUT2D eigenvalue weighted by Crippen LogP contribution is 2.20. The molecule has 0 atom stereocenters. The highest BCUT2D eigenvalue weighted by Gasteiger charge is 2.22.